The second-order valence-electron chi connectivity index (χ2n) is 7.44. The zero-order valence-corrected chi connectivity index (χ0v) is 16.7. The average molecular weight is 401 g/mol. The van der Waals surface area contributed by atoms with Gasteiger partial charge in [0.1, 0.15) is 5.82 Å². The van der Waals surface area contributed by atoms with E-state index in [-0.39, 0.29) is 17.7 Å². The number of pyridine rings is 1. The van der Waals surface area contributed by atoms with Crippen LogP contribution in [0.1, 0.15) is 42.9 Å². The van der Waals surface area contributed by atoms with Crippen LogP contribution in [0.4, 0.5) is 11.6 Å². The molecule has 1 aliphatic rings. The number of aromatic amines is 1. The number of anilines is 2. The van der Waals surface area contributed by atoms with Crippen LogP contribution in [-0.2, 0) is 9.59 Å². The second-order valence-corrected chi connectivity index (χ2v) is 7.44. The summed E-state index contributed by atoms with van der Waals surface area (Å²) in [6.45, 7) is 5.29. The van der Waals surface area contributed by atoms with Gasteiger partial charge in [0.15, 0.2) is 5.82 Å². The quantitative estimate of drug-likeness (QED) is 0.516. The van der Waals surface area contributed by atoms with Crippen LogP contribution in [0, 0.1) is 0 Å². The Morgan fingerprint density at radius 3 is 2.67 bits per heavy atom. The molecule has 0 bridgehead atoms. The summed E-state index contributed by atoms with van der Waals surface area (Å²) < 4.78 is 0. The maximum absolute atomic E-state index is 12.7. The molecule has 3 N–H and O–H groups in total. The van der Waals surface area contributed by atoms with Gasteiger partial charge in [-0.3, -0.25) is 14.7 Å². The van der Waals surface area contributed by atoms with Gasteiger partial charge < -0.3 is 10.6 Å². The lowest BCUT2D eigenvalue weighted by Crippen LogP contribution is -2.19. The van der Waals surface area contributed by atoms with Crippen molar-refractivity contribution >= 4 is 23.5 Å². The predicted octanol–water partition coefficient (Wildman–Crippen LogP) is 4.22. The Kier molecular flexibility index (Phi) is 5.43. The highest BCUT2D eigenvalue weighted by atomic mass is 16.2. The van der Waals surface area contributed by atoms with Crippen molar-refractivity contribution in [2.75, 3.05) is 10.6 Å². The van der Waals surface area contributed by atoms with Crippen molar-refractivity contribution in [3.05, 3.63) is 72.6 Å². The van der Waals surface area contributed by atoms with E-state index in [0.29, 0.717) is 17.6 Å². The maximum Gasteiger partial charge on any atom is 0.248 e. The van der Waals surface area contributed by atoms with E-state index in [9.17, 15) is 9.59 Å². The monoisotopic (exact) mass is 401 g/mol. The van der Waals surface area contributed by atoms with Crippen molar-refractivity contribution in [3.8, 4) is 11.1 Å². The topological polar surface area (TPSA) is 99.8 Å². The van der Waals surface area contributed by atoms with Gasteiger partial charge in [0.2, 0.25) is 11.8 Å². The lowest BCUT2D eigenvalue weighted by Gasteiger charge is -2.13. The molecule has 1 unspecified atom stereocenters. The third-order valence-corrected chi connectivity index (χ3v) is 5.18. The van der Waals surface area contributed by atoms with Gasteiger partial charge in [-0.25, -0.2) is 4.98 Å². The van der Waals surface area contributed by atoms with Gasteiger partial charge in [0, 0.05) is 29.4 Å². The van der Waals surface area contributed by atoms with Gasteiger partial charge in [-0.1, -0.05) is 30.8 Å². The molecule has 0 aliphatic heterocycles. The van der Waals surface area contributed by atoms with Crippen molar-refractivity contribution in [1.82, 2.24) is 15.2 Å². The summed E-state index contributed by atoms with van der Waals surface area (Å²) >= 11 is 0. The summed E-state index contributed by atoms with van der Waals surface area (Å²) in [5, 5.41) is 12.7. The largest absolute Gasteiger partial charge is 0.309 e. The standard InChI is InChI=1S/C23H23N5O2/c1-3-22(29)25-20-10-9-18(13-24-20)17-6-4-5-16(11-17)14(2)23(30)26-21-12-19(27-28-21)15-7-8-15/h3-6,9-15H,1,7-8H2,2H3,(H,24,25,29)(H2,26,27,28,30). The molecule has 1 fully saturated rings. The minimum atomic E-state index is -0.342. The lowest BCUT2D eigenvalue weighted by atomic mass is 9.96. The number of nitrogens with zero attached hydrogens (tertiary/aromatic N) is 2. The van der Waals surface area contributed by atoms with E-state index in [4.69, 9.17) is 0 Å². The minimum Gasteiger partial charge on any atom is -0.309 e. The zero-order chi connectivity index (χ0) is 21.1. The summed E-state index contributed by atoms with van der Waals surface area (Å²) in [6.07, 6.45) is 5.23. The number of carbonyl (C=O) groups is 2. The van der Waals surface area contributed by atoms with Crippen LogP contribution >= 0.6 is 0 Å². The molecule has 0 radical (unpaired) electrons. The normalized spacial score (nSPS) is 14.0. The molecule has 3 aromatic rings. The number of nitrogens with one attached hydrogen (secondary N) is 3. The number of carbonyl (C=O) groups excluding carboxylic acids is 2. The highest BCUT2D eigenvalue weighted by Gasteiger charge is 2.26. The predicted molar refractivity (Wildman–Crippen MR) is 116 cm³/mol. The molecule has 2 heterocycles. The molecule has 1 aromatic carbocycles. The van der Waals surface area contributed by atoms with Gasteiger partial charge in [0.05, 0.1) is 5.92 Å². The van der Waals surface area contributed by atoms with Gasteiger partial charge >= 0.3 is 0 Å². The molecule has 1 atom stereocenters. The Morgan fingerprint density at radius 1 is 1.13 bits per heavy atom. The Morgan fingerprint density at radius 2 is 1.97 bits per heavy atom. The van der Waals surface area contributed by atoms with E-state index < -0.39 is 0 Å². The highest BCUT2D eigenvalue weighted by Crippen LogP contribution is 2.39. The fourth-order valence-electron chi connectivity index (χ4n) is 3.19. The SMILES string of the molecule is C=CC(=O)Nc1ccc(-c2cccc(C(C)C(=O)Nc3cc(C4CC4)[nH]n3)c2)cn1. The number of amides is 2. The molecule has 1 aliphatic carbocycles. The van der Waals surface area contributed by atoms with Crippen LogP contribution in [0.25, 0.3) is 11.1 Å². The molecule has 30 heavy (non-hydrogen) atoms. The summed E-state index contributed by atoms with van der Waals surface area (Å²) in [6, 6.07) is 13.3. The van der Waals surface area contributed by atoms with Crippen LogP contribution < -0.4 is 10.6 Å². The van der Waals surface area contributed by atoms with Crippen molar-refractivity contribution in [2.24, 2.45) is 0 Å². The van der Waals surface area contributed by atoms with Gasteiger partial charge in [-0.15, -0.1) is 0 Å². The Balaban J connectivity index is 1.45. The van der Waals surface area contributed by atoms with E-state index in [1.807, 2.05) is 43.3 Å². The average Bonchev–Trinajstić information content (AvgIpc) is 3.52. The molecule has 7 heteroatoms. The van der Waals surface area contributed by atoms with E-state index >= 15 is 0 Å². The number of H-pyrrole nitrogens is 1. The van der Waals surface area contributed by atoms with Crippen molar-refractivity contribution < 1.29 is 9.59 Å². The fourth-order valence-corrected chi connectivity index (χ4v) is 3.19. The minimum absolute atomic E-state index is 0.110. The Hall–Kier alpha value is -3.74. The van der Waals surface area contributed by atoms with Crippen LogP contribution in [0.15, 0.2) is 61.3 Å². The molecule has 7 nitrogen and oxygen atoms in total. The fraction of sp³-hybridized carbons (Fsp3) is 0.217. The summed E-state index contributed by atoms with van der Waals surface area (Å²) in [4.78, 5) is 28.3. The first kappa shape index (κ1) is 19.6. The molecule has 4 rings (SSSR count). The number of aromatic nitrogens is 3. The van der Waals surface area contributed by atoms with Crippen molar-refractivity contribution in [3.63, 3.8) is 0 Å². The third-order valence-electron chi connectivity index (χ3n) is 5.18. The van der Waals surface area contributed by atoms with Gasteiger partial charge in [-0.05, 0) is 49.1 Å². The smallest absolute Gasteiger partial charge is 0.248 e. The second kappa shape index (κ2) is 8.32. The lowest BCUT2D eigenvalue weighted by molar-refractivity contribution is -0.117. The van der Waals surface area contributed by atoms with Gasteiger partial charge in [0.25, 0.3) is 0 Å². The molecule has 0 saturated heterocycles. The summed E-state index contributed by atoms with van der Waals surface area (Å²) in [5.41, 5.74) is 3.81. The molecule has 1 saturated carbocycles. The number of hydrogen-bond acceptors (Lipinski definition) is 4. The first-order chi connectivity index (χ1) is 14.5. The maximum atomic E-state index is 12.7. The van der Waals surface area contributed by atoms with Crippen LogP contribution in [0.5, 0.6) is 0 Å². The molecule has 0 spiro atoms. The Bertz CT molecular complexity index is 1080. The zero-order valence-electron chi connectivity index (χ0n) is 16.7. The van der Waals surface area contributed by atoms with E-state index in [1.165, 1.54) is 18.9 Å². The third kappa shape index (κ3) is 4.46. The summed E-state index contributed by atoms with van der Waals surface area (Å²) in [5.74, 6) is 0.815. The Labute approximate surface area is 174 Å². The first-order valence-electron chi connectivity index (χ1n) is 9.89. The summed E-state index contributed by atoms with van der Waals surface area (Å²) in [7, 11) is 0. The van der Waals surface area contributed by atoms with Crippen molar-refractivity contribution in [1.29, 1.82) is 0 Å². The van der Waals surface area contributed by atoms with Crippen LogP contribution in [0.3, 0.4) is 0 Å². The molecule has 152 valence electrons. The molecular formula is C23H23N5O2. The van der Waals surface area contributed by atoms with E-state index in [1.54, 1.807) is 12.3 Å². The van der Waals surface area contributed by atoms with Crippen LogP contribution in [0.2, 0.25) is 0 Å². The molecule has 2 amide bonds. The van der Waals surface area contributed by atoms with E-state index in [0.717, 1.165) is 22.4 Å². The number of benzene rings is 1. The van der Waals surface area contributed by atoms with Crippen molar-refractivity contribution in [2.45, 2.75) is 31.6 Å². The first-order valence-corrected chi connectivity index (χ1v) is 9.89. The van der Waals surface area contributed by atoms with E-state index in [2.05, 4.69) is 32.4 Å². The highest BCUT2D eigenvalue weighted by molar-refractivity contribution is 5.98. The van der Waals surface area contributed by atoms with Gasteiger partial charge in [-0.2, -0.15) is 5.10 Å². The number of rotatable bonds is 7. The van der Waals surface area contributed by atoms with Crippen LogP contribution in [-0.4, -0.2) is 27.0 Å². The molecule has 2 aromatic heterocycles. The molecular weight excluding hydrogens is 378 g/mol. The number of hydrogen-bond donors (Lipinski definition) is 3.